The second-order valence-corrected chi connectivity index (χ2v) is 6.27. The lowest BCUT2D eigenvalue weighted by atomic mass is 10.1. The van der Waals surface area contributed by atoms with Crippen LogP contribution < -0.4 is 0 Å². The number of aromatic hydroxyl groups is 1. The Balaban J connectivity index is 2.46. The average molecular weight is 375 g/mol. The number of aryl methyl sites for hydroxylation is 1. The molecule has 0 aliphatic heterocycles. The van der Waals surface area contributed by atoms with Crippen LogP contribution in [-0.4, -0.2) is 26.2 Å². The molecule has 0 saturated heterocycles. The predicted molar refractivity (Wildman–Crippen MR) is 91.4 cm³/mol. The molecular weight excluding hydrogens is 361 g/mol. The first kappa shape index (κ1) is 19.4. The normalized spacial score (nSPS) is 11.5. The number of aldehydes is 1. The van der Waals surface area contributed by atoms with E-state index in [0.29, 0.717) is 17.5 Å². The highest BCUT2D eigenvalue weighted by atomic mass is 31.2. The van der Waals surface area contributed by atoms with Crippen LogP contribution in [0.2, 0.25) is 0 Å². The lowest BCUT2D eigenvalue weighted by Gasteiger charge is -2.12. The number of benzene rings is 1. The van der Waals surface area contributed by atoms with Crippen LogP contribution in [-0.2, 0) is 15.7 Å². The molecular formula is C16H14N3O6P. The lowest BCUT2D eigenvalue weighted by Crippen LogP contribution is -2.01. The maximum atomic E-state index is 11.3. The standard InChI is InChI=1S/C16H14N3O6P/c1-3-11-4-6-12(7-5-11)18-19-16-14(9-25-26(22,23)24)13(8-20)15(21)10(2)17-16/h1,4-8,21H,9H2,2H3,(H2,22,23,24). The van der Waals surface area contributed by atoms with Crippen molar-refractivity contribution in [2.45, 2.75) is 13.5 Å². The van der Waals surface area contributed by atoms with Gasteiger partial charge >= 0.3 is 7.82 Å². The summed E-state index contributed by atoms with van der Waals surface area (Å²) >= 11 is 0. The Hall–Kier alpha value is -2.89. The second-order valence-electron chi connectivity index (χ2n) is 5.03. The van der Waals surface area contributed by atoms with Crippen molar-refractivity contribution in [3.05, 3.63) is 46.6 Å². The van der Waals surface area contributed by atoms with Crippen LogP contribution >= 0.6 is 7.82 Å². The molecule has 1 heterocycles. The van der Waals surface area contributed by atoms with Crippen LogP contribution in [0.3, 0.4) is 0 Å². The van der Waals surface area contributed by atoms with Crippen molar-refractivity contribution in [3.63, 3.8) is 0 Å². The van der Waals surface area contributed by atoms with E-state index in [2.05, 4.69) is 25.7 Å². The number of hydrogen-bond donors (Lipinski definition) is 3. The van der Waals surface area contributed by atoms with Gasteiger partial charge in [-0.05, 0) is 31.2 Å². The Labute approximate surface area is 148 Å². The van der Waals surface area contributed by atoms with Crippen LogP contribution in [0, 0.1) is 19.3 Å². The molecule has 0 amide bonds. The highest BCUT2D eigenvalue weighted by Gasteiger charge is 2.21. The average Bonchev–Trinajstić information content (AvgIpc) is 2.60. The van der Waals surface area contributed by atoms with Crippen molar-refractivity contribution in [3.8, 4) is 18.1 Å². The van der Waals surface area contributed by atoms with Crippen molar-refractivity contribution in [2.24, 2.45) is 10.2 Å². The Bertz CT molecular complexity index is 944. The zero-order chi connectivity index (χ0) is 19.3. The van der Waals surface area contributed by atoms with Crippen LogP contribution in [0.5, 0.6) is 5.75 Å². The fourth-order valence-electron chi connectivity index (χ4n) is 1.97. The van der Waals surface area contributed by atoms with Gasteiger partial charge in [0, 0.05) is 11.1 Å². The zero-order valence-corrected chi connectivity index (χ0v) is 14.4. The SMILES string of the molecule is C#Cc1ccc(N=Nc2nc(C)c(O)c(C=O)c2COP(=O)(O)O)cc1. The molecule has 0 aliphatic carbocycles. The summed E-state index contributed by atoms with van der Waals surface area (Å²) in [7, 11) is -4.81. The van der Waals surface area contributed by atoms with Crippen molar-refractivity contribution in [1.82, 2.24) is 4.98 Å². The van der Waals surface area contributed by atoms with Crippen molar-refractivity contribution in [1.29, 1.82) is 0 Å². The number of aromatic nitrogens is 1. The van der Waals surface area contributed by atoms with Crippen molar-refractivity contribution in [2.75, 3.05) is 0 Å². The highest BCUT2D eigenvalue weighted by Crippen LogP contribution is 2.40. The molecule has 3 N–H and O–H groups in total. The smallest absolute Gasteiger partial charge is 0.469 e. The fourth-order valence-corrected chi connectivity index (χ4v) is 2.26. The van der Waals surface area contributed by atoms with Gasteiger partial charge in [-0.25, -0.2) is 9.55 Å². The summed E-state index contributed by atoms with van der Waals surface area (Å²) in [6.07, 6.45) is 5.59. The van der Waals surface area contributed by atoms with E-state index in [0.717, 1.165) is 0 Å². The molecule has 26 heavy (non-hydrogen) atoms. The summed E-state index contributed by atoms with van der Waals surface area (Å²) in [6.45, 7) is 0.750. The molecule has 9 nitrogen and oxygen atoms in total. The molecule has 0 radical (unpaired) electrons. The number of carbonyl (C=O) groups excluding carboxylic acids is 1. The van der Waals surface area contributed by atoms with Gasteiger partial charge in [0.15, 0.2) is 12.1 Å². The quantitative estimate of drug-likeness (QED) is 0.305. The first-order chi connectivity index (χ1) is 12.2. The summed E-state index contributed by atoms with van der Waals surface area (Å²) in [5.74, 6) is 1.91. The van der Waals surface area contributed by atoms with E-state index in [4.69, 9.17) is 16.2 Å². The highest BCUT2D eigenvalue weighted by molar-refractivity contribution is 7.46. The Morgan fingerprint density at radius 3 is 2.50 bits per heavy atom. The maximum Gasteiger partial charge on any atom is 0.469 e. The minimum atomic E-state index is -4.81. The Morgan fingerprint density at radius 2 is 1.96 bits per heavy atom. The van der Waals surface area contributed by atoms with E-state index >= 15 is 0 Å². The van der Waals surface area contributed by atoms with E-state index in [1.54, 1.807) is 24.3 Å². The summed E-state index contributed by atoms with van der Waals surface area (Å²) in [5.41, 5.74) is 0.856. The molecule has 0 aliphatic rings. The number of pyridine rings is 1. The van der Waals surface area contributed by atoms with Gasteiger partial charge in [-0.2, -0.15) is 0 Å². The molecule has 0 atom stereocenters. The van der Waals surface area contributed by atoms with E-state index < -0.39 is 20.2 Å². The third kappa shape index (κ3) is 4.81. The van der Waals surface area contributed by atoms with E-state index in [-0.39, 0.29) is 22.6 Å². The molecule has 2 aromatic rings. The molecule has 134 valence electrons. The third-order valence-corrected chi connectivity index (χ3v) is 3.72. The minimum absolute atomic E-state index is 0.101. The molecule has 0 fully saturated rings. The van der Waals surface area contributed by atoms with Gasteiger partial charge in [0.25, 0.3) is 0 Å². The first-order valence-electron chi connectivity index (χ1n) is 7.11. The maximum absolute atomic E-state index is 11.3. The number of azo groups is 1. The number of carbonyl (C=O) groups is 1. The van der Waals surface area contributed by atoms with Crippen molar-refractivity contribution < 1.29 is 28.8 Å². The van der Waals surface area contributed by atoms with Gasteiger partial charge in [-0.3, -0.25) is 9.32 Å². The summed E-state index contributed by atoms with van der Waals surface area (Å²) in [4.78, 5) is 33.0. The molecule has 2 rings (SSSR count). The van der Waals surface area contributed by atoms with Crippen LogP contribution in [0.15, 0.2) is 34.5 Å². The first-order valence-corrected chi connectivity index (χ1v) is 8.64. The second kappa shape index (κ2) is 7.99. The number of nitrogens with zero attached hydrogens (tertiary/aromatic N) is 3. The molecule has 10 heteroatoms. The molecule has 0 bridgehead atoms. The zero-order valence-electron chi connectivity index (χ0n) is 13.5. The predicted octanol–water partition coefficient (Wildman–Crippen LogP) is 2.91. The monoisotopic (exact) mass is 375 g/mol. The largest absolute Gasteiger partial charge is 0.505 e. The summed E-state index contributed by atoms with van der Waals surface area (Å²) in [5, 5.41) is 17.8. The lowest BCUT2D eigenvalue weighted by molar-refractivity contribution is 0.111. The molecule has 0 saturated carbocycles. The Morgan fingerprint density at radius 1 is 1.31 bits per heavy atom. The van der Waals surface area contributed by atoms with E-state index in [1.807, 2.05) is 0 Å². The van der Waals surface area contributed by atoms with Gasteiger partial charge in [-0.15, -0.1) is 16.7 Å². The van der Waals surface area contributed by atoms with Crippen LogP contribution in [0.1, 0.15) is 27.2 Å². The minimum Gasteiger partial charge on any atom is -0.505 e. The van der Waals surface area contributed by atoms with Crippen molar-refractivity contribution >= 4 is 25.6 Å². The van der Waals surface area contributed by atoms with E-state index in [9.17, 15) is 14.5 Å². The number of phosphoric acid groups is 1. The topological polar surface area (TPSA) is 142 Å². The van der Waals surface area contributed by atoms with Gasteiger partial charge in [0.2, 0.25) is 0 Å². The van der Waals surface area contributed by atoms with Gasteiger partial charge < -0.3 is 14.9 Å². The number of phosphoric ester groups is 1. The van der Waals surface area contributed by atoms with E-state index in [1.165, 1.54) is 6.92 Å². The molecule has 0 spiro atoms. The number of terminal acetylenes is 1. The fraction of sp³-hybridized carbons (Fsp3) is 0.125. The van der Waals surface area contributed by atoms with Crippen LogP contribution in [0.25, 0.3) is 0 Å². The Kier molecular flexibility index (Phi) is 5.97. The number of hydrogen-bond acceptors (Lipinski definition) is 7. The van der Waals surface area contributed by atoms with Gasteiger partial charge in [0.05, 0.1) is 23.6 Å². The van der Waals surface area contributed by atoms with Gasteiger partial charge in [0.1, 0.15) is 5.75 Å². The van der Waals surface area contributed by atoms with Crippen LogP contribution in [0.4, 0.5) is 11.5 Å². The molecule has 1 aromatic heterocycles. The number of rotatable bonds is 6. The molecule has 1 aromatic carbocycles. The third-order valence-electron chi connectivity index (χ3n) is 3.26. The van der Waals surface area contributed by atoms with Gasteiger partial charge in [-0.1, -0.05) is 5.92 Å². The molecule has 0 unspecified atom stereocenters. The summed E-state index contributed by atoms with van der Waals surface area (Å²) in [6, 6.07) is 6.52. The summed E-state index contributed by atoms with van der Waals surface area (Å²) < 4.78 is 15.3.